The Balaban J connectivity index is 1.42. The Labute approximate surface area is 215 Å². The van der Waals surface area contributed by atoms with Crippen molar-refractivity contribution in [1.29, 1.82) is 0 Å². The SMILES string of the molecule is CCc1ccc(OCCCC(=O)N/N=C/c2ccc(OCc3ccc(C)cc3)c(OC)c2)c(Br)c1. The molecule has 3 aromatic rings. The highest BCUT2D eigenvalue weighted by Crippen LogP contribution is 2.28. The number of hydrazone groups is 1. The van der Waals surface area contributed by atoms with Gasteiger partial charge in [0.05, 0.1) is 24.4 Å². The molecule has 6 nitrogen and oxygen atoms in total. The lowest BCUT2D eigenvalue weighted by Crippen LogP contribution is -2.18. The van der Waals surface area contributed by atoms with Crippen LogP contribution < -0.4 is 19.6 Å². The number of nitrogens with one attached hydrogen (secondary N) is 1. The normalized spacial score (nSPS) is 10.9. The van der Waals surface area contributed by atoms with Crippen LogP contribution in [0.25, 0.3) is 0 Å². The Morgan fingerprint density at radius 3 is 2.43 bits per heavy atom. The zero-order chi connectivity index (χ0) is 25.0. The molecule has 1 N–H and O–H groups in total. The van der Waals surface area contributed by atoms with Crippen LogP contribution in [0, 0.1) is 6.92 Å². The highest BCUT2D eigenvalue weighted by Gasteiger charge is 2.07. The summed E-state index contributed by atoms with van der Waals surface area (Å²) in [5, 5.41) is 4.05. The summed E-state index contributed by atoms with van der Waals surface area (Å²) in [5.74, 6) is 1.85. The van der Waals surface area contributed by atoms with Gasteiger partial charge in [-0.1, -0.05) is 42.8 Å². The molecule has 0 fully saturated rings. The fourth-order valence-corrected chi connectivity index (χ4v) is 3.80. The third-order valence-electron chi connectivity index (χ3n) is 5.32. The number of benzene rings is 3. The summed E-state index contributed by atoms with van der Waals surface area (Å²) < 4.78 is 18.0. The van der Waals surface area contributed by atoms with Crippen LogP contribution in [0.4, 0.5) is 0 Å². The van der Waals surface area contributed by atoms with Crippen molar-refractivity contribution < 1.29 is 19.0 Å². The van der Waals surface area contributed by atoms with Gasteiger partial charge in [0.25, 0.3) is 0 Å². The Bertz CT molecular complexity index is 1150. The van der Waals surface area contributed by atoms with Crippen LogP contribution in [0.15, 0.2) is 70.2 Å². The maximum Gasteiger partial charge on any atom is 0.240 e. The standard InChI is InChI=1S/C28H31BrN2O4/c1-4-21-11-13-25(24(29)16-21)34-15-5-6-28(32)31-30-18-23-12-14-26(27(17-23)33-3)35-19-22-9-7-20(2)8-10-22/h7-14,16-18H,4-6,15,19H2,1-3H3,(H,31,32)/b30-18+. The van der Waals surface area contributed by atoms with Gasteiger partial charge in [0.2, 0.25) is 5.91 Å². The summed E-state index contributed by atoms with van der Waals surface area (Å²) in [5.41, 5.74) is 6.87. The monoisotopic (exact) mass is 538 g/mol. The molecule has 3 aromatic carbocycles. The van der Waals surface area contributed by atoms with E-state index in [9.17, 15) is 4.79 Å². The van der Waals surface area contributed by atoms with E-state index < -0.39 is 0 Å². The molecule has 0 saturated carbocycles. The molecule has 0 unspecified atom stereocenters. The molecule has 3 rings (SSSR count). The third-order valence-corrected chi connectivity index (χ3v) is 5.94. The van der Waals surface area contributed by atoms with Crippen molar-refractivity contribution in [2.45, 2.75) is 39.7 Å². The maximum atomic E-state index is 12.1. The van der Waals surface area contributed by atoms with Crippen LogP contribution in [-0.2, 0) is 17.8 Å². The van der Waals surface area contributed by atoms with Crippen LogP contribution in [0.2, 0.25) is 0 Å². The number of carbonyl (C=O) groups excluding carboxylic acids is 1. The second-order valence-electron chi connectivity index (χ2n) is 8.05. The molecular formula is C28H31BrN2O4. The first-order valence-corrected chi connectivity index (χ1v) is 12.4. The van der Waals surface area contributed by atoms with E-state index in [0.717, 1.165) is 27.8 Å². The molecule has 0 aliphatic carbocycles. The number of rotatable bonds is 12. The van der Waals surface area contributed by atoms with Gasteiger partial charge in [0.1, 0.15) is 12.4 Å². The van der Waals surface area contributed by atoms with Gasteiger partial charge >= 0.3 is 0 Å². The number of hydrogen-bond donors (Lipinski definition) is 1. The highest BCUT2D eigenvalue weighted by molar-refractivity contribution is 9.10. The number of carbonyl (C=O) groups is 1. The van der Waals surface area contributed by atoms with Gasteiger partial charge in [-0.2, -0.15) is 5.10 Å². The topological polar surface area (TPSA) is 69.2 Å². The molecule has 184 valence electrons. The Morgan fingerprint density at radius 2 is 1.71 bits per heavy atom. The van der Waals surface area contributed by atoms with Crippen LogP contribution in [0.1, 0.15) is 42.0 Å². The van der Waals surface area contributed by atoms with E-state index in [1.165, 1.54) is 11.1 Å². The number of amides is 1. The Kier molecular flexibility index (Phi) is 10.2. The molecular weight excluding hydrogens is 508 g/mol. The second kappa shape index (κ2) is 13.5. The van der Waals surface area contributed by atoms with E-state index in [-0.39, 0.29) is 5.91 Å². The Morgan fingerprint density at radius 1 is 0.971 bits per heavy atom. The average Bonchev–Trinajstić information content (AvgIpc) is 2.87. The minimum atomic E-state index is -0.171. The number of halogens is 1. The molecule has 0 spiro atoms. The largest absolute Gasteiger partial charge is 0.493 e. The van der Waals surface area contributed by atoms with E-state index in [1.54, 1.807) is 13.3 Å². The van der Waals surface area contributed by atoms with Crippen molar-refractivity contribution in [3.63, 3.8) is 0 Å². The summed E-state index contributed by atoms with van der Waals surface area (Å²) in [6.45, 7) is 5.06. The number of methoxy groups -OCH3 is 1. The summed E-state index contributed by atoms with van der Waals surface area (Å²) >= 11 is 3.52. The second-order valence-corrected chi connectivity index (χ2v) is 8.90. The van der Waals surface area contributed by atoms with Crippen LogP contribution >= 0.6 is 15.9 Å². The van der Waals surface area contributed by atoms with Crippen LogP contribution in [0.3, 0.4) is 0 Å². The zero-order valence-corrected chi connectivity index (χ0v) is 21.9. The number of nitrogens with zero attached hydrogens (tertiary/aromatic N) is 1. The minimum absolute atomic E-state index is 0.171. The lowest BCUT2D eigenvalue weighted by molar-refractivity contribution is -0.121. The van der Waals surface area contributed by atoms with Crippen molar-refractivity contribution in [2.75, 3.05) is 13.7 Å². The van der Waals surface area contributed by atoms with E-state index in [4.69, 9.17) is 14.2 Å². The van der Waals surface area contributed by atoms with Crippen molar-refractivity contribution in [3.8, 4) is 17.2 Å². The van der Waals surface area contributed by atoms with E-state index in [0.29, 0.717) is 37.6 Å². The van der Waals surface area contributed by atoms with Gasteiger partial charge in [-0.05, 0) is 82.7 Å². The number of ether oxygens (including phenoxy) is 3. The van der Waals surface area contributed by atoms with Gasteiger partial charge in [0, 0.05) is 6.42 Å². The highest BCUT2D eigenvalue weighted by atomic mass is 79.9. The summed E-state index contributed by atoms with van der Waals surface area (Å²) in [7, 11) is 1.59. The van der Waals surface area contributed by atoms with Gasteiger partial charge < -0.3 is 14.2 Å². The fourth-order valence-electron chi connectivity index (χ4n) is 3.26. The lowest BCUT2D eigenvalue weighted by atomic mass is 10.2. The van der Waals surface area contributed by atoms with E-state index in [2.05, 4.69) is 58.5 Å². The van der Waals surface area contributed by atoms with Gasteiger partial charge in [0.15, 0.2) is 11.5 Å². The smallest absolute Gasteiger partial charge is 0.240 e. The number of hydrogen-bond acceptors (Lipinski definition) is 5. The predicted octanol–water partition coefficient (Wildman–Crippen LogP) is 6.22. The molecule has 0 aliphatic rings. The summed E-state index contributed by atoms with van der Waals surface area (Å²) in [6, 6.07) is 19.7. The molecule has 1 amide bonds. The molecule has 0 radical (unpaired) electrons. The molecule has 35 heavy (non-hydrogen) atoms. The van der Waals surface area contributed by atoms with E-state index in [1.807, 2.05) is 42.5 Å². The molecule has 0 heterocycles. The minimum Gasteiger partial charge on any atom is -0.493 e. The number of aryl methyl sites for hydroxylation is 2. The molecule has 0 bridgehead atoms. The first kappa shape index (κ1) is 26.3. The fraction of sp³-hybridized carbons (Fsp3) is 0.286. The third kappa shape index (κ3) is 8.44. The van der Waals surface area contributed by atoms with Gasteiger partial charge in [-0.3, -0.25) is 4.79 Å². The molecule has 0 aliphatic heterocycles. The molecule has 7 heteroatoms. The predicted molar refractivity (Wildman–Crippen MR) is 142 cm³/mol. The van der Waals surface area contributed by atoms with Crippen LogP contribution in [-0.4, -0.2) is 25.8 Å². The van der Waals surface area contributed by atoms with Crippen LogP contribution in [0.5, 0.6) is 17.2 Å². The van der Waals surface area contributed by atoms with Crippen molar-refractivity contribution in [2.24, 2.45) is 5.10 Å². The quantitative estimate of drug-likeness (QED) is 0.169. The van der Waals surface area contributed by atoms with Crippen molar-refractivity contribution in [3.05, 3.63) is 87.4 Å². The first-order chi connectivity index (χ1) is 17.0. The Hall–Kier alpha value is -3.32. The molecule has 0 aromatic heterocycles. The molecule has 0 saturated heterocycles. The van der Waals surface area contributed by atoms with E-state index >= 15 is 0 Å². The average molecular weight is 539 g/mol. The summed E-state index contributed by atoms with van der Waals surface area (Å²) in [6.07, 6.45) is 3.45. The van der Waals surface area contributed by atoms with Crippen molar-refractivity contribution in [1.82, 2.24) is 5.43 Å². The van der Waals surface area contributed by atoms with Gasteiger partial charge in [-0.25, -0.2) is 5.43 Å². The zero-order valence-electron chi connectivity index (χ0n) is 20.3. The lowest BCUT2D eigenvalue weighted by Gasteiger charge is -2.11. The van der Waals surface area contributed by atoms with Gasteiger partial charge in [-0.15, -0.1) is 0 Å². The summed E-state index contributed by atoms with van der Waals surface area (Å²) in [4.78, 5) is 12.1. The molecule has 0 atom stereocenters. The van der Waals surface area contributed by atoms with Crippen molar-refractivity contribution >= 4 is 28.1 Å². The maximum absolute atomic E-state index is 12.1. The first-order valence-electron chi connectivity index (χ1n) is 11.6.